The van der Waals surface area contributed by atoms with Gasteiger partial charge in [-0.2, -0.15) is 0 Å². The van der Waals surface area contributed by atoms with Crippen molar-refractivity contribution in [3.8, 4) is 0 Å². The van der Waals surface area contributed by atoms with E-state index in [2.05, 4.69) is 22.5 Å². The highest BCUT2D eigenvalue weighted by atomic mass is 79.9. The summed E-state index contributed by atoms with van der Waals surface area (Å²) in [6, 6.07) is 0. The van der Waals surface area contributed by atoms with Gasteiger partial charge < -0.3 is 57.3 Å². The van der Waals surface area contributed by atoms with Crippen LogP contribution in [0.5, 0.6) is 0 Å². The van der Waals surface area contributed by atoms with Gasteiger partial charge in [-0.1, -0.05) is 84.0 Å². The molecule has 3 N–H and O–H groups in total. The van der Waals surface area contributed by atoms with E-state index in [4.69, 9.17) is 52.0 Å². The van der Waals surface area contributed by atoms with Gasteiger partial charge in [0, 0.05) is 57.8 Å². The number of carbonyl (C=O) groups is 1. The third-order valence-electron chi connectivity index (χ3n) is 13.9. The summed E-state index contributed by atoms with van der Waals surface area (Å²) < 4.78 is 55.2. The Labute approximate surface area is 414 Å². The first kappa shape index (κ1) is 53.0. The number of halogens is 1. The number of carbonyl (C=O) groups excluding carboxylic acids is 1. The number of hydrogen-bond acceptors (Lipinski definition) is 15. The molecule has 2 aromatic rings. The van der Waals surface area contributed by atoms with Crippen molar-refractivity contribution < 1.29 is 62.1 Å². The molecule has 4 saturated heterocycles. The van der Waals surface area contributed by atoms with Crippen molar-refractivity contribution in [3.63, 3.8) is 0 Å². The third kappa shape index (κ3) is 14.6. The van der Waals surface area contributed by atoms with Gasteiger partial charge in [0.1, 0.15) is 36.1 Å². The van der Waals surface area contributed by atoms with Crippen LogP contribution < -0.4 is 0 Å². The molecule has 8 bridgehead atoms. The molecule has 15 atom stereocenters. The Kier molecular flexibility index (Phi) is 18.9. The second kappa shape index (κ2) is 24.5. The molecule has 0 radical (unpaired) electrons. The molecule has 69 heavy (non-hydrogen) atoms. The lowest BCUT2D eigenvalue weighted by Gasteiger charge is -2.44. The largest absolute Gasteiger partial charge is 0.458 e. The number of rotatable bonds is 12. The predicted molar refractivity (Wildman–Crippen MR) is 261 cm³/mol. The molecule has 4 fully saturated rings. The fourth-order valence-corrected chi connectivity index (χ4v) is 10.6. The Bertz CT molecular complexity index is 2210. The molecular formula is C53H71BrN2O13. The van der Waals surface area contributed by atoms with E-state index in [9.17, 15) is 20.1 Å². The Hall–Kier alpha value is -3.81. The van der Waals surface area contributed by atoms with Gasteiger partial charge >= 0.3 is 5.97 Å². The monoisotopic (exact) mass is 1020 g/mol. The first-order chi connectivity index (χ1) is 33.1. The molecule has 16 heteroatoms. The Balaban J connectivity index is 1.06. The number of ether oxygens (including phenoxy) is 7. The van der Waals surface area contributed by atoms with Crippen molar-refractivity contribution in [2.75, 3.05) is 14.2 Å². The van der Waals surface area contributed by atoms with Crippen LogP contribution in [0.15, 0.2) is 92.2 Å². The van der Waals surface area contributed by atoms with Crippen LogP contribution in [0.1, 0.15) is 121 Å². The van der Waals surface area contributed by atoms with E-state index in [0.29, 0.717) is 75.1 Å². The van der Waals surface area contributed by atoms with E-state index in [-0.39, 0.29) is 67.2 Å². The van der Waals surface area contributed by atoms with Crippen molar-refractivity contribution in [2.24, 2.45) is 11.8 Å². The second-order valence-corrected chi connectivity index (χ2v) is 20.0. The van der Waals surface area contributed by atoms with Crippen LogP contribution in [-0.2, 0) is 44.4 Å². The molecule has 15 nitrogen and oxygen atoms in total. The fourth-order valence-electron chi connectivity index (χ4n) is 10.4. The number of oxazole rings is 2. The number of aliphatic hydroxyl groups excluding tert-OH is 2. The van der Waals surface area contributed by atoms with Crippen molar-refractivity contribution >= 4 is 34.1 Å². The van der Waals surface area contributed by atoms with Gasteiger partial charge in [-0.15, -0.1) is 0 Å². The van der Waals surface area contributed by atoms with Gasteiger partial charge in [-0.25, -0.2) is 14.8 Å². The van der Waals surface area contributed by atoms with Crippen LogP contribution >= 0.6 is 15.9 Å². The Morgan fingerprint density at radius 2 is 1.78 bits per heavy atom. The van der Waals surface area contributed by atoms with Crippen molar-refractivity contribution in [1.29, 1.82) is 0 Å². The first-order valence-electron chi connectivity index (χ1n) is 24.3. The van der Waals surface area contributed by atoms with E-state index >= 15 is 0 Å². The number of allylic oxidation sites excluding steroid dienone is 2. The van der Waals surface area contributed by atoms with Crippen molar-refractivity contribution in [2.45, 2.75) is 177 Å². The van der Waals surface area contributed by atoms with Crippen molar-refractivity contribution in [3.05, 3.63) is 107 Å². The summed E-state index contributed by atoms with van der Waals surface area (Å²) in [5.41, 5.74) is 3.86. The molecule has 9 unspecified atom stereocenters. The zero-order chi connectivity index (χ0) is 49.2. The van der Waals surface area contributed by atoms with Crippen LogP contribution in [0, 0.1) is 11.8 Å². The van der Waals surface area contributed by atoms with Gasteiger partial charge in [0.15, 0.2) is 11.7 Å². The standard InChI is InChI=1S/C53H71BrN2O13/c1-31(16-17-38(61-6)12-10-18-54)21-44(58)47-26-42(62-7)27-53(60,69-47)28-49-55-36(29-63-49)22-33(3)51-35(5)52-34(4)45(67-51)13-9-14-48-56-43(30-64-48)46-24-37(57)23-41(66-46)25-40-20-32(2)19-39(65-40)11-8-15-50(59)68-52/h8-10,14-18,21-22,29-30,34-35,37-42,44-47,51-52,57-58,60H,2,11-13,19-20,23-28H2,1,3-7H3/b14-9+,15-8-,17-16+,18-10+,31-21+,33-22+/t34?,35-,37?,38+,39?,40+,41-,42+,44?,45?,46+,47?,51?,52?,53?/m0/s1. The maximum absolute atomic E-state index is 13.6. The van der Waals surface area contributed by atoms with Crippen LogP contribution in [0.25, 0.3) is 12.2 Å². The SMILES string of the molecule is C=C1CC2C/C=C\C(=O)OC3C(C)C(C/C=C/c4nc(co4)[C@H]4CC(O)C[C@@H](C[C@@H](C1)O2)O4)OC(/C(C)=C/c1coc(CC2(O)C[C@H](OC)CC(C(O)/C=C(C)/C=C/[C@@H](C/C=C/Br)OC)O2)n1)[C@@H]3C. The van der Waals surface area contributed by atoms with Gasteiger partial charge in [0.25, 0.3) is 0 Å². The molecular weight excluding hydrogens is 952 g/mol. The number of esters is 1. The summed E-state index contributed by atoms with van der Waals surface area (Å²) in [7, 11) is 3.22. The molecule has 2 aromatic heterocycles. The lowest BCUT2D eigenvalue weighted by molar-refractivity contribution is -0.286. The van der Waals surface area contributed by atoms with E-state index < -0.39 is 48.4 Å². The molecule has 5 aliphatic rings. The average molecular weight is 1020 g/mol. The topological polar surface area (TPSA) is 194 Å². The van der Waals surface area contributed by atoms with Gasteiger partial charge in [-0.05, 0) is 75.1 Å². The lowest BCUT2D eigenvalue weighted by Crippen LogP contribution is -2.51. The molecule has 0 aromatic carbocycles. The predicted octanol–water partition coefficient (Wildman–Crippen LogP) is 8.76. The van der Waals surface area contributed by atoms with Gasteiger partial charge in [0.05, 0.1) is 67.5 Å². The summed E-state index contributed by atoms with van der Waals surface area (Å²) in [5.74, 6) is -1.95. The molecule has 0 amide bonds. The van der Waals surface area contributed by atoms with E-state index in [1.807, 2.05) is 64.2 Å². The van der Waals surface area contributed by atoms with Crippen LogP contribution in [-0.4, -0.2) is 118 Å². The number of methoxy groups -OCH3 is 2. The molecule has 0 aliphatic carbocycles. The van der Waals surface area contributed by atoms with Gasteiger partial charge in [0.2, 0.25) is 5.89 Å². The zero-order valence-corrected chi connectivity index (χ0v) is 42.3. The quantitative estimate of drug-likeness (QED) is 0.104. The van der Waals surface area contributed by atoms with E-state index in [1.165, 1.54) is 12.3 Å². The molecule has 0 spiro atoms. The van der Waals surface area contributed by atoms with Crippen LogP contribution in [0.3, 0.4) is 0 Å². The molecule has 5 aliphatic heterocycles. The second-order valence-electron chi connectivity index (χ2n) is 19.5. The van der Waals surface area contributed by atoms with Crippen molar-refractivity contribution in [1.82, 2.24) is 9.97 Å². The van der Waals surface area contributed by atoms with E-state index in [1.54, 1.807) is 37.6 Å². The number of aliphatic hydroxyl groups is 3. The zero-order valence-electron chi connectivity index (χ0n) is 40.7. The maximum Gasteiger partial charge on any atom is 0.330 e. The van der Waals surface area contributed by atoms with Crippen LogP contribution in [0.2, 0.25) is 0 Å². The number of aromatic nitrogens is 2. The maximum atomic E-state index is 13.6. The minimum atomic E-state index is -1.73. The number of nitrogens with zero attached hydrogens (tertiary/aromatic N) is 2. The molecule has 7 rings (SSSR count). The summed E-state index contributed by atoms with van der Waals surface area (Å²) in [6.45, 7) is 12.2. The third-order valence-corrected chi connectivity index (χ3v) is 14.2. The highest BCUT2D eigenvalue weighted by Gasteiger charge is 2.45. The first-order valence-corrected chi connectivity index (χ1v) is 25.2. The normalized spacial score (nSPS) is 36.1. The smallest absolute Gasteiger partial charge is 0.330 e. The molecule has 0 saturated carbocycles. The van der Waals surface area contributed by atoms with Crippen LogP contribution in [0.4, 0.5) is 0 Å². The lowest BCUT2D eigenvalue weighted by atomic mass is 9.79. The number of hydrogen-bond donors (Lipinski definition) is 3. The average Bonchev–Trinajstić information content (AvgIpc) is 3.96. The van der Waals surface area contributed by atoms with Gasteiger partial charge in [-0.3, -0.25) is 0 Å². The number of fused-ring (bicyclic) bond motifs is 9. The Morgan fingerprint density at radius 3 is 2.57 bits per heavy atom. The molecule has 378 valence electrons. The summed E-state index contributed by atoms with van der Waals surface area (Å²) in [5, 5.41) is 33.9. The fraction of sp³-hybridized carbons (Fsp3) is 0.604. The highest BCUT2D eigenvalue weighted by Crippen LogP contribution is 2.40. The minimum absolute atomic E-state index is 0.0830. The summed E-state index contributed by atoms with van der Waals surface area (Å²) in [6.07, 6.45) is 19.5. The highest BCUT2D eigenvalue weighted by molar-refractivity contribution is 9.11. The Morgan fingerprint density at radius 1 is 0.986 bits per heavy atom. The summed E-state index contributed by atoms with van der Waals surface area (Å²) in [4.78, 5) is 24.8. The minimum Gasteiger partial charge on any atom is -0.458 e. The molecule has 7 heterocycles. The van der Waals surface area contributed by atoms with E-state index in [0.717, 1.165) is 16.7 Å². The summed E-state index contributed by atoms with van der Waals surface area (Å²) >= 11 is 3.28.